The summed E-state index contributed by atoms with van der Waals surface area (Å²) in [5.41, 5.74) is -0.516. The van der Waals surface area contributed by atoms with Crippen molar-refractivity contribution in [1.82, 2.24) is 5.32 Å². The molecule has 0 spiro atoms. The first-order chi connectivity index (χ1) is 14.7. The zero-order valence-corrected chi connectivity index (χ0v) is 18.4. The molecule has 0 heterocycles. The molecule has 0 bridgehead atoms. The van der Waals surface area contributed by atoms with E-state index in [9.17, 15) is 19.1 Å². The SMILES string of the molecule is COc1ccc(-c2cc(C(=O)N[C@]3(C(=O)O)CC[C@H](C)CC3)cc(F)c2OC)cc1Cl. The van der Waals surface area contributed by atoms with Crippen LogP contribution in [-0.4, -0.2) is 36.7 Å². The van der Waals surface area contributed by atoms with Crippen molar-refractivity contribution in [2.24, 2.45) is 5.92 Å². The quantitative estimate of drug-likeness (QED) is 0.653. The maximum absolute atomic E-state index is 14.8. The zero-order chi connectivity index (χ0) is 22.8. The van der Waals surface area contributed by atoms with Crippen LogP contribution in [0.1, 0.15) is 43.0 Å². The number of aliphatic carboxylic acids is 1. The van der Waals surface area contributed by atoms with Gasteiger partial charge >= 0.3 is 5.97 Å². The van der Waals surface area contributed by atoms with Crippen LogP contribution in [0.5, 0.6) is 11.5 Å². The number of methoxy groups -OCH3 is 2. The Morgan fingerprint density at radius 2 is 1.84 bits per heavy atom. The molecule has 1 aliphatic carbocycles. The minimum atomic E-state index is -1.36. The highest BCUT2D eigenvalue weighted by atomic mass is 35.5. The first-order valence-electron chi connectivity index (χ1n) is 9.98. The van der Waals surface area contributed by atoms with Gasteiger partial charge in [-0.05, 0) is 61.4 Å². The van der Waals surface area contributed by atoms with Gasteiger partial charge in [0.25, 0.3) is 5.91 Å². The summed E-state index contributed by atoms with van der Waals surface area (Å²) in [5.74, 6) is -1.66. The largest absolute Gasteiger partial charge is 0.495 e. The van der Waals surface area contributed by atoms with Crippen LogP contribution in [0.3, 0.4) is 0 Å². The lowest BCUT2D eigenvalue weighted by Gasteiger charge is -2.36. The van der Waals surface area contributed by atoms with Gasteiger partial charge in [0.15, 0.2) is 11.6 Å². The van der Waals surface area contributed by atoms with Gasteiger partial charge in [0, 0.05) is 11.1 Å². The molecule has 1 amide bonds. The van der Waals surface area contributed by atoms with E-state index in [0.717, 1.165) is 6.07 Å². The minimum absolute atomic E-state index is 0.000475. The Morgan fingerprint density at radius 1 is 1.16 bits per heavy atom. The van der Waals surface area contributed by atoms with E-state index in [1.54, 1.807) is 18.2 Å². The first-order valence-corrected chi connectivity index (χ1v) is 10.4. The molecule has 1 saturated carbocycles. The third-order valence-electron chi connectivity index (χ3n) is 5.86. The molecule has 0 radical (unpaired) electrons. The molecule has 0 saturated heterocycles. The van der Waals surface area contributed by atoms with E-state index < -0.39 is 23.2 Å². The van der Waals surface area contributed by atoms with Crippen molar-refractivity contribution in [2.75, 3.05) is 14.2 Å². The summed E-state index contributed by atoms with van der Waals surface area (Å²) in [5, 5.41) is 12.8. The summed E-state index contributed by atoms with van der Waals surface area (Å²) in [7, 11) is 2.81. The number of halogens is 2. The Morgan fingerprint density at radius 3 is 2.39 bits per heavy atom. The van der Waals surface area contributed by atoms with E-state index in [2.05, 4.69) is 12.2 Å². The number of benzene rings is 2. The van der Waals surface area contributed by atoms with E-state index >= 15 is 0 Å². The maximum atomic E-state index is 14.8. The second-order valence-electron chi connectivity index (χ2n) is 7.91. The van der Waals surface area contributed by atoms with Gasteiger partial charge in [0.2, 0.25) is 0 Å². The number of nitrogens with one attached hydrogen (secondary N) is 1. The second kappa shape index (κ2) is 9.14. The predicted octanol–water partition coefficient (Wildman–Crippen LogP) is 4.93. The average Bonchev–Trinajstić information content (AvgIpc) is 2.74. The summed E-state index contributed by atoms with van der Waals surface area (Å²) in [4.78, 5) is 24.9. The Bertz CT molecular complexity index is 1000. The average molecular weight is 450 g/mol. The Kier molecular flexibility index (Phi) is 6.74. The van der Waals surface area contributed by atoms with E-state index in [1.807, 2.05) is 0 Å². The predicted molar refractivity (Wildman–Crippen MR) is 115 cm³/mol. The number of hydrogen-bond donors (Lipinski definition) is 2. The number of hydrogen-bond acceptors (Lipinski definition) is 4. The van der Waals surface area contributed by atoms with Gasteiger partial charge in [-0.25, -0.2) is 9.18 Å². The topological polar surface area (TPSA) is 84.9 Å². The lowest BCUT2D eigenvalue weighted by molar-refractivity contribution is -0.146. The summed E-state index contributed by atoms with van der Waals surface area (Å²) < 4.78 is 25.2. The van der Waals surface area contributed by atoms with E-state index in [0.29, 0.717) is 53.5 Å². The molecular weight excluding hydrogens is 425 g/mol. The Balaban J connectivity index is 1.99. The van der Waals surface area contributed by atoms with Crippen LogP contribution in [0.15, 0.2) is 30.3 Å². The van der Waals surface area contributed by atoms with Gasteiger partial charge in [-0.1, -0.05) is 24.6 Å². The molecule has 8 heteroatoms. The van der Waals surface area contributed by atoms with Gasteiger partial charge in [0.05, 0.1) is 19.2 Å². The highest BCUT2D eigenvalue weighted by Crippen LogP contribution is 2.38. The van der Waals surface area contributed by atoms with Gasteiger partial charge < -0.3 is 19.9 Å². The van der Waals surface area contributed by atoms with E-state index in [4.69, 9.17) is 21.1 Å². The molecule has 0 unspecified atom stereocenters. The summed E-state index contributed by atoms with van der Waals surface area (Å²) in [6.45, 7) is 2.05. The van der Waals surface area contributed by atoms with E-state index in [1.165, 1.54) is 20.3 Å². The van der Waals surface area contributed by atoms with Crippen molar-refractivity contribution >= 4 is 23.5 Å². The molecule has 0 aliphatic heterocycles. The molecule has 6 nitrogen and oxygen atoms in total. The number of amides is 1. The number of ether oxygens (including phenoxy) is 2. The molecular formula is C23H25ClFNO5. The lowest BCUT2D eigenvalue weighted by atomic mass is 9.77. The number of carbonyl (C=O) groups excluding carboxylic acids is 1. The summed E-state index contributed by atoms with van der Waals surface area (Å²) in [6.07, 6.45) is 2.04. The molecule has 166 valence electrons. The highest BCUT2D eigenvalue weighted by molar-refractivity contribution is 6.32. The van der Waals surface area contributed by atoms with Crippen molar-refractivity contribution in [3.05, 3.63) is 46.7 Å². The van der Waals surface area contributed by atoms with Crippen LogP contribution >= 0.6 is 11.6 Å². The summed E-state index contributed by atoms with van der Waals surface area (Å²) in [6, 6.07) is 7.40. The molecule has 1 fully saturated rings. The van der Waals surface area contributed by atoms with Crippen LogP contribution in [0.2, 0.25) is 5.02 Å². The smallest absolute Gasteiger partial charge is 0.329 e. The van der Waals surface area contributed by atoms with Crippen LogP contribution in [0.25, 0.3) is 11.1 Å². The highest BCUT2D eigenvalue weighted by Gasteiger charge is 2.42. The van der Waals surface area contributed by atoms with Gasteiger partial charge in [0.1, 0.15) is 11.3 Å². The molecule has 2 N–H and O–H groups in total. The zero-order valence-electron chi connectivity index (χ0n) is 17.6. The van der Waals surface area contributed by atoms with Crippen molar-refractivity contribution < 1.29 is 28.6 Å². The molecule has 2 aromatic rings. The van der Waals surface area contributed by atoms with Crippen molar-refractivity contribution in [2.45, 2.75) is 38.1 Å². The molecule has 1 aliphatic rings. The summed E-state index contributed by atoms with van der Waals surface area (Å²) >= 11 is 6.21. The fourth-order valence-electron chi connectivity index (χ4n) is 3.92. The van der Waals surface area contributed by atoms with Crippen LogP contribution in [0, 0.1) is 11.7 Å². The van der Waals surface area contributed by atoms with E-state index in [-0.39, 0.29) is 11.3 Å². The monoisotopic (exact) mass is 449 g/mol. The standard InChI is InChI=1S/C23H25ClFNO5/c1-13-6-8-23(9-7-13,22(28)29)26-21(27)15-10-16(20(31-3)18(25)12-15)14-4-5-19(30-2)17(24)11-14/h4-5,10-13H,6-9H2,1-3H3,(H,26,27)(H,28,29)/t13-,23+. The maximum Gasteiger partial charge on any atom is 0.329 e. The molecule has 2 aromatic carbocycles. The fraction of sp³-hybridized carbons (Fsp3) is 0.391. The van der Waals surface area contributed by atoms with Gasteiger partial charge in [-0.3, -0.25) is 4.79 Å². The second-order valence-corrected chi connectivity index (χ2v) is 8.32. The van der Waals surface area contributed by atoms with Crippen LogP contribution in [0.4, 0.5) is 4.39 Å². The minimum Gasteiger partial charge on any atom is -0.495 e. The Labute approximate surface area is 185 Å². The number of carboxylic acids is 1. The van der Waals surface area contributed by atoms with Crippen LogP contribution < -0.4 is 14.8 Å². The number of carboxylic acid groups (broad SMARTS) is 1. The number of rotatable bonds is 6. The van der Waals surface area contributed by atoms with Gasteiger partial charge in [-0.2, -0.15) is 0 Å². The molecule has 31 heavy (non-hydrogen) atoms. The lowest BCUT2D eigenvalue weighted by Crippen LogP contribution is -2.56. The Hall–Kier alpha value is -2.80. The molecule has 0 aromatic heterocycles. The normalized spacial score (nSPS) is 20.7. The molecule has 0 atom stereocenters. The van der Waals surface area contributed by atoms with Crippen molar-refractivity contribution in [3.63, 3.8) is 0 Å². The van der Waals surface area contributed by atoms with Gasteiger partial charge in [-0.15, -0.1) is 0 Å². The third-order valence-corrected chi connectivity index (χ3v) is 6.16. The number of carbonyl (C=O) groups is 2. The van der Waals surface area contributed by atoms with Crippen molar-refractivity contribution in [3.8, 4) is 22.6 Å². The van der Waals surface area contributed by atoms with Crippen molar-refractivity contribution in [1.29, 1.82) is 0 Å². The molecule has 3 rings (SSSR count). The van der Waals surface area contributed by atoms with Crippen LogP contribution in [-0.2, 0) is 4.79 Å². The first kappa shape index (κ1) is 22.9. The third kappa shape index (κ3) is 4.61. The fourth-order valence-corrected chi connectivity index (χ4v) is 4.17.